The van der Waals surface area contributed by atoms with Gasteiger partial charge in [0.15, 0.2) is 0 Å². The minimum Gasteiger partial charge on any atom is -0.486 e. The molecule has 2 rings (SSSR count). The summed E-state index contributed by atoms with van der Waals surface area (Å²) in [5, 5.41) is 12.7. The van der Waals surface area contributed by atoms with Crippen LogP contribution in [-0.2, 0) is 0 Å². The molecule has 5 heteroatoms. The summed E-state index contributed by atoms with van der Waals surface area (Å²) in [5.41, 5.74) is 0.343. The van der Waals surface area contributed by atoms with Gasteiger partial charge in [0.1, 0.15) is 11.4 Å². The summed E-state index contributed by atoms with van der Waals surface area (Å²) < 4.78 is 5.91. The van der Waals surface area contributed by atoms with E-state index in [9.17, 15) is 9.90 Å². The highest BCUT2D eigenvalue weighted by molar-refractivity contribution is 5.91. The number of nitrogens with zero attached hydrogens (tertiary/aromatic N) is 1. The highest BCUT2D eigenvalue weighted by Crippen LogP contribution is 2.28. The number of hydrogen-bond acceptors (Lipinski definition) is 3. The van der Waals surface area contributed by atoms with Crippen LogP contribution in [-0.4, -0.2) is 40.8 Å². The topological polar surface area (TPSA) is 61.8 Å². The third-order valence-electron chi connectivity index (χ3n) is 3.97. The van der Waals surface area contributed by atoms with E-state index in [0.29, 0.717) is 18.0 Å². The highest BCUT2D eigenvalue weighted by Gasteiger charge is 2.27. The molecule has 0 spiro atoms. The molecule has 0 radical (unpaired) electrons. The smallest absolute Gasteiger partial charge is 0.321 e. The molecular weight excluding hydrogens is 292 g/mol. The zero-order valence-corrected chi connectivity index (χ0v) is 14.5. The number of ether oxygens (including phenoxy) is 1. The molecule has 2 N–H and O–H groups in total. The van der Waals surface area contributed by atoms with Crippen LogP contribution >= 0.6 is 0 Å². The van der Waals surface area contributed by atoms with Crippen LogP contribution in [0.1, 0.15) is 40.5 Å². The molecule has 1 fully saturated rings. The van der Waals surface area contributed by atoms with Crippen LogP contribution < -0.4 is 10.1 Å². The Bertz CT molecular complexity index is 537. The predicted molar refractivity (Wildman–Crippen MR) is 91.8 cm³/mol. The molecule has 1 aliphatic rings. The normalized spacial score (nSPS) is 20.0. The number of amides is 2. The summed E-state index contributed by atoms with van der Waals surface area (Å²) >= 11 is 0. The average molecular weight is 320 g/mol. The van der Waals surface area contributed by atoms with Gasteiger partial charge in [0.2, 0.25) is 0 Å². The molecule has 23 heavy (non-hydrogen) atoms. The van der Waals surface area contributed by atoms with E-state index in [4.69, 9.17) is 4.74 Å². The van der Waals surface area contributed by atoms with Crippen molar-refractivity contribution in [1.29, 1.82) is 0 Å². The van der Waals surface area contributed by atoms with Gasteiger partial charge in [0.25, 0.3) is 0 Å². The van der Waals surface area contributed by atoms with Crippen LogP contribution in [0.5, 0.6) is 5.75 Å². The van der Waals surface area contributed by atoms with Crippen LogP contribution in [0.25, 0.3) is 0 Å². The maximum absolute atomic E-state index is 12.5. The first-order valence-corrected chi connectivity index (χ1v) is 8.28. The van der Waals surface area contributed by atoms with E-state index in [1.807, 2.05) is 45.0 Å². The van der Waals surface area contributed by atoms with E-state index in [1.165, 1.54) is 0 Å². The van der Waals surface area contributed by atoms with Crippen LogP contribution in [0.4, 0.5) is 10.5 Å². The first kappa shape index (κ1) is 17.6. The second kappa shape index (κ2) is 7.21. The Morgan fingerprint density at radius 3 is 2.74 bits per heavy atom. The molecule has 1 aromatic rings. The molecule has 128 valence electrons. The van der Waals surface area contributed by atoms with Crippen molar-refractivity contribution < 1.29 is 14.6 Å². The molecule has 1 saturated heterocycles. The molecule has 1 aliphatic heterocycles. The molecule has 2 unspecified atom stereocenters. The predicted octanol–water partition coefficient (Wildman–Crippen LogP) is 3.49. The second-order valence-corrected chi connectivity index (χ2v) is 7.23. The molecule has 0 bridgehead atoms. The van der Waals surface area contributed by atoms with Gasteiger partial charge < -0.3 is 20.1 Å². The number of rotatable bonds is 3. The number of piperidine rings is 1. The maximum Gasteiger partial charge on any atom is 0.321 e. The summed E-state index contributed by atoms with van der Waals surface area (Å²) in [6.45, 7) is 9.03. The number of urea groups is 1. The van der Waals surface area contributed by atoms with Gasteiger partial charge in [0.05, 0.1) is 11.8 Å². The van der Waals surface area contributed by atoms with Gasteiger partial charge >= 0.3 is 6.03 Å². The number of likely N-dealkylation sites (tertiary alicyclic amines) is 1. The molecule has 1 heterocycles. The van der Waals surface area contributed by atoms with E-state index in [0.717, 1.165) is 19.4 Å². The van der Waals surface area contributed by atoms with Crippen molar-refractivity contribution in [3.63, 3.8) is 0 Å². The first-order valence-electron chi connectivity index (χ1n) is 8.28. The number of nitrogens with one attached hydrogen (secondary N) is 1. The number of aliphatic hydroxyl groups is 1. The lowest BCUT2D eigenvalue weighted by atomic mass is 9.94. The van der Waals surface area contributed by atoms with Gasteiger partial charge in [-0.1, -0.05) is 12.1 Å². The first-order chi connectivity index (χ1) is 10.8. The Kier molecular flexibility index (Phi) is 5.52. The quantitative estimate of drug-likeness (QED) is 0.896. The van der Waals surface area contributed by atoms with Crippen LogP contribution in [0.2, 0.25) is 0 Å². The fourth-order valence-corrected chi connectivity index (χ4v) is 2.77. The van der Waals surface area contributed by atoms with E-state index in [-0.39, 0.29) is 23.7 Å². The Balaban J connectivity index is 2.05. The number of aliphatic hydroxyl groups excluding tert-OH is 1. The van der Waals surface area contributed by atoms with Crippen molar-refractivity contribution in [2.24, 2.45) is 5.92 Å². The Labute approximate surface area is 138 Å². The van der Waals surface area contributed by atoms with Gasteiger partial charge in [0, 0.05) is 19.0 Å². The number of carbonyl (C=O) groups excluding carboxylic acids is 1. The zero-order valence-electron chi connectivity index (χ0n) is 14.5. The van der Waals surface area contributed by atoms with Crippen LogP contribution in [0.15, 0.2) is 24.3 Å². The summed E-state index contributed by atoms with van der Waals surface area (Å²) in [7, 11) is 0. The van der Waals surface area contributed by atoms with Crippen molar-refractivity contribution in [3.05, 3.63) is 24.3 Å². The number of para-hydroxylation sites is 2. The average Bonchev–Trinajstić information content (AvgIpc) is 2.48. The Morgan fingerprint density at radius 1 is 1.39 bits per heavy atom. The third-order valence-corrected chi connectivity index (χ3v) is 3.97. The largest absolute Gasteiger partial charge is 0.486 e. The molecule has 0 aliphatic carbocycles. The number of anilines is 1. The maximum atomic E-state index is 12.5. The van der Waals surface area contributed by atoms with Crippen LogP contribution in [0.3, 0.4) is 0 Å². The monoisotopic (exact) mass is 320 g/mol. The number of hydrogen-bond donors (Lipinski definition) is 2. The molecule has 0 aromatic heterocycles. The fourth-order valence-electron chi connectivity index (χ4n) is 2.77. The van der Waals surface area contributed by atoms with Crippen LogP contribution in [0, 0.1) is 5.92 Å². The molecule has 2 amide bonds. The Morgan fingerprint density at radius 2 is 2.09 bits per heavy atom. The number of carbonyl (C=O) groups is 1. The van der Waals surface area contributed by atoms with Crippen molar-refractivity contribution in [2.75, 3.05) is 18.4 Å². The SMILES string of the molecule is CC(O)C1CCCN(C(=O)Nc2ccccc2OC(C)(C)C)C1. The summed E-state index contributed by atoms with van der Waals surface area (Å²) in [6, 6.07) is 7.33. The van der Waals surface area contributed by atoms with Crippen molar-refractivity contribution in [3.8, 4) is 5.75 Å². The molecule has 1 aromatic carbocycles. The standard InChI is InChI=1S/C18H28N2O3/c1-13(21)14-8-7-11-20(12-14)17(22)19-15-9-5-6-10-16(15)23-18(2,3)4/h5-6,9-10,13-14,21H,7-8,11-12H2,1-4H3,(H,19,22). The lowest BCUT2D eigenvalue weighted by molar-refractivity contribution is 0.0765. The van der Waals surface area contributed by atoms with Gasteiger partial charge in [-0.05, 0) is 52.7 Å². The molecule has 5 nitrogen and oxygen atoms in total. The molecule has 2 atom stereocenters. The van der Waals surface area contributed by atoms with Gasteiger partial charge in [-0.15, -0.1) is 0 Å². The molecular formula is C18H28N2O3. The van der Waals surface area contributed by atoms with Gasteiger partial charge in [-0.25, -0.2) is 4.79 Å². The minimum absolute atomic E-state index is 0.139. The third kappa shape index (κ3) is 5.13. The zero-order chi connectivity index (χ0) is 17.0. The fraction of sp³-hybridized carbons (Fsp3) is 0.611. The van der Waals surface area contributed by atoms with E-state index in [2.05, 4.69) is 5.32 Å². The molecule has 0 saturated carbocycles. The summed E-state index contributed by atoms with van der Waals surface area (Å²) in [5.74, 6) is 0.813. The van der Waals surface area contributed by atoms with Gasteiger partial charge in [-0.2, -0.15) is 0 Å². The van der Waals surface area contributed by atoms with Crippen molar-refractivity contribution in [2.45, 2.75) is 52.2 Å². The summed E-state index contributed by atoms with van der Waals surface area (Å²) in [6.07, 6.45) is 1.50. The highest BCUT2D eigenvalue weighted by atomic mass is 16.5. The lowest BCUT2D eigenvalue weighted by Crippen LogP contribution is -2.44. The minimum atomic E-state index is -0.387. The van der Waals surface area contributed by atoms with E-state index >= 15 is 0 Å². The number of benzene rings is 1. The van der Waals surface area contributed by atoms with Crippen molar-refractivity contribution >= 4 is 11.7 Å². The van der Waals surface area contributed by atoms with E-state index < -0.39 is 0 Å². The van der Waals surface area contributed by atoms with Gasteiger partial charge in [-0.3, -0.25) is 0 Å². The Hall–Kier alpha value is -1.75. The van der Waals surface area contributed by atoms with E-state index in [1.54, 1.807) is 11.8 Å². The lowest BCUT2D eigenvalue weighted by Gasteiger charge is -2.34. The second-order valence-electron chi connectivity index (χ2n) is 7.23. The summed E-state index contributed by atoms with van der Waals surface area (Å²) in [4.78, 5) is 14.3. The van der Waals surface area contributed by atoms with Crippen molar-refractivity contribution in [1.82, 2.24) is 4.90 Å².